The van der Waals surface area contributed by atoms with Crippen LogP contribution >= 0.6 is 0 Å². The van der Waals surface area contributed by atoms with Gasteiger partial charge in [0.1, 0.15) is 12.9 Å². The van der Waals surface area contributed by atoms with Crippen LogP contribution in [-0.4, -0.2) is 32.1 Å². The van der Waals surface area contributed by atoms with Crippen LogP contribution in [0.1, 0.15) is 13.3 Å². The molecule has 0 unspecified atom stereocenters. The Hall–Kier alpha value is -0.870. The van der Waals surface area contributed by atoms with Crippen molar-refractivity contribution in [3.05, 3.63) is 12.2 Å². The molecule has 1 aliphatic rings. The molecule has 4 nitrogen and oxygen atoms in total. The number of rotatable bonds is 4. The van der Waals surface area contributed by atoms with Gasteiger partial charge in [-0.3, -0.25) is 4.79 Å². The molecule has 0 amide bonds. The van der Waals surface area contributed by atoms with Gasteiger partial charge in [-0.05, 0) is 6.08 Å². The summed E-state index contributed by atoms with van der Waals surface area (Å²) in [7, 11) is 1.57. The average Bonchev–Trinajstić information content (AvgIpc) is 2.48. The van der Waals surface area contributed by atoms with Crippen LogP contribution in [0.15, 0.2) is 12.2 Å². The molecule has 0 saturated heterocycles. The highest BCUT2D eigenvalue weighted by atomic mass is 16.7. The molecule has 74 valence electrons. The molecule has 2 atom stereocenters. The molecule has 0 N–H and O–H groups in total. The van der Waals surface area contributed by atoms with Gasteiger partial charge in [-0.2, -0.15) is 0 Å². The number of carbonyl (C=O) groups is 1. The molecule has 4 heteroatoms. The molecule has 0 aromatic carbocycles. The Balaban J connectivity index is 2.21. The summed E-state index contributed by atoms with van der Waals surface area (Å²) in [4.78, 5) is 10.6. The average molecular weight is 186 g/mol. The van der Waals surface area contributed by atoms with E-state index in [2.05, 4.69) is 0 Å². The maximum atomic E-state index is 10.6. The van der Waals surface area contributed by atoms with Gasteiger partial charge >= 0.3 is 5.97 Å². The minimum atomic E-state index is -0.262. The number of esters is 1. The van der Waals surface area contributed by atoms with E-state index in [1.807, 2.05) is 12.2 Å². The molecule has 0 aromatic rings. The predicted octanol–water partition coefficient (Wildman–Crippen LogP) is 0.867. The summed E-state index contributed by atoms with van der Waals surface area (Å²) in [6.07, 6.45) is 4.26. The highest BCUT2D eigenvalue weighted by Gasteiger charge is 2.21. The van der Waals surface area contributed by atoms with Gasteiger partial charge in [0.2, 0.25) is 0 Å². The van der Waals surface area contributed by atoms with Crippen molar-refractivity contribution >= 4 is 5.97 Å². The van der Waals surface area contributed by atoms with Gasteiger partial charge in [-0.15, -0.1) is 0 Å². The second-order valence-electron chi connectivity index (χ2n) is 2.88. The zero-order valence-corrected chi connectivity index (χ0v) is 7.86. The molecule has 0 aliphatic heterocycles. The summed E-state index contributed by atoms with van der Waals surface area (Å²) >= 11 is 0. The number of hydrogen-bond acceptors (Lipinski definition) is 4. The molecule has 0 heterocycles. The fourth-order valence-corrected chi connectivity index (χ4v) is 1.21. The standard InChI is InChI=1S/C9H14O4/c1-7(10)13-9-4-3-8(5-9)12-6-11-2/h3-4,8-9H,5-6H2,1-2H3/t8-,9+/m1/s1. The van der Waals surface area contributed by atoms with Crippen LogP contribution in [0, 0.1) is 0 Å². The molecule has 0 saturated carbocycles. The monoisotopic (exact) mass is 186 g/mol. The van der Waals surface area contributed by atoms with Gasteiger partial charge in [-0.25, -0.2) is 0 Å². The third-order valence-corrected chi connectivity index (χ3v) is 1.72. The third kappa shape index (κ3) is 3.57. The van der Waals surface area contributed by atoms with E-state index in [1.165, 1.54) is 6.92 Å². The Labute approximate surface area is 77.5 Å². The lowest BCUT2D eigenvalue weighted by atomic mass is 10.3. The number of methoxy groups -OCH3 is 1. The second-order valence-corrected chi connectivity index (χ2v) is 2.88. The van der Waals surface area contributed by atoms with Crippen LogP contribution in [0.25, 0.3) is 0 Å². The summed E-state index contributed by atoms with van der Waals surface area (Å²) in [6, 6.07) is 0. The highest BCUT2D eigenvalue weighted by Crippen LogP contribution is 2.17. The molecule has 0 radical (unpaired) electrons. The molecular formula is C9H14O4. The third-order valence-electron chi connectivity index (χ3n) is 1.72. The summed E-state index contributed by atoms with van der Waals surface area (Å²) in [5.41, 5.74) is 0. The minimum Gasteiger partial charge on any atom is -0.458 e. The predicted molar refractivity (Wildman–Crippen MR) is 46.1 cm³/mol. The van der Waals surface area contributed by atoms with E-state index in [9.17, 15) is 4.79 Å². The van der Waals surface area contributed by atoms with Crippen LogP contribution in [0.4, 0.5) is 0 Å². The lowest BCUT2D eigenvalue weighted by Crippen LogP contribution is -2.17. The number of carbonyl (C=O) groups excluding carboxylic acids is 1. The van der Waals surface area contributed by atoms with Gasteiger partial charge in [-0.1, -0.05) is 6.08 Å². The van der Waals surface area contributed by atoms with Crippen LogP contribution in [-0.2, 0) is 19.0 Å². The van der Waals surface area contributed by atoms with Gasteiger partial charge in [0.05, 0.1) is 6.10 Å². The van der Waals surface area contributed by atoms with E-state index >= 15 is 0 Å². The van der Waals surface area contributed by atoms with E-state index in [-0.39, 0.29) is 25.0 Å². The van der Waals surface area contributed by atoms with Crippen molar-refractivity contribution < 1.29 is 19.0 Å². The molecule has 13 heavy (non-hydrogen) atoms. The molecular weight excluding hydrogens is 172 g/mol. The number of hydrogen-bond donors (Lipinski definition) is 0. The molecule has 1 rings (SSSR count). The van der Waals surface area contributed by atoms with Crippen molar-refractivity contribution in [1.82, 2.24) is 0 Å². The highest BCUT2D eigenvalue weighted by molar-refractivity contribution is 5.66. The summed E-state index contributed by atoms with van der Waals surface area (Å²) in [5, 5.41) is 0. The van der Waals surface area contributed by atoms with Crippen LogP contribution < -0.4 is 0 Å². The smallest absolute Gasteiger partial charge is 0.303 e. The fourth-order valence-electron chi connectivity index (χ4n) is 1.21. The second kappa shape index (κ2) is 4.99. The lowest BCUT2D eigenvalue weighted by Gasteiger charge is -2.12. The molecule has 0 bridgehead atoms. The van der Waals surface area contributed by atoms with Crippen molar-refractivity contribution in [1.29, 1.82) is 0 Å². The zero-order chi connectivity index (χ0) is 9.68. The Morgan fingerprint density at radius 1 is 1.46 bits per heavy atom. The molecule has 0 fully saturated rings. The van der Waals surface area contributed by atoms with Crippen molar-refractivity contribution in [2.45, 2.75) is 25.6 Å². The van der Waals surface area contributed by atoms with Crippen molar-refractivity contribution in [2.24, 2.45) is 0 Å². The Kier molecular flexibility index (Phi) is 3.92. The van der Waals surface area contributed by atoms with Crippen molar-refractivity contribution in [2.75, 3.05) is 13.9 Å². The maximum absolute atomic E-state index is 10.6. The lowest BCUT2D eigenvalue weighted by molar-refractivity contribution is -0.145. The zero-order valence-electron chi connectivity index (χ0n) is 7.86. The minimum absolute atomic E-state index is 0.00398. The Morgan fingerprint density at radius 2 is 2.15 bits per heavy atom. The van der Waals surface area contributed by atoms with Gasteiger partial charge in [0, 0.05) is 20.5 Å². The maximum Gasteiger partial charge on any atom is 0.303 e. The van der Waals surface area contributed by atoms with Crippen molar-refractivity contribution in [3.63, 3.8) is 0 Å². The van der Waals surface area contributed by atoms with Crippen molar-refractivity contribution in [3.8, 4) is 0 Å². The van der Waals surface area contributed by atoms with Gasteiger partial charge < -0.3 is 14.2 Å². The Morgan fingerprint density at radius 3 is 2.77 bits per heavy atom. The van der Waals surface area contributed by atoms with Crippen LogP contribution in [0.2, 0.25) is 0 Å². The number of ether oxygens (including phenoxy) is 3. The quantitative estimate of drug-likeness (QED) is 0.371. The first-order valence-electron chi connectivity index (χ1n) is 4.18. The van der Waals surface area contributed by atoms with Crippen LogP contribution in [0.5, 0.6) is 0 Å². The normalized spacial score (nSPS) is 26.3. The van der Waals surface area contributed by atoms with E-state index in [0.717, 1.165) is 0 Å². The Bertz CT molecular complexity index is 200. The van der Waals surface area contributed by atoms with E-state index in [4.69, 9.17) is 14.2 Å². The van der Waals surface area contributed by atoms with Gasteiger partial charge in [0.25, 0.3) is 0 Å². The first kappa shape index (κ1) is 10.2. The summed E-state index contributed by atoms with van der Waals surface area (Å²) < 4.78 is 15.0. The van der Waals surface area contributed by atoms with Crippen LogP contribution in [0.3, 0.4) is 0 Å². The van der Waals surface area contributed by atoms with E-state index < -0.39 is 0 Å². The largest absolute Gasteiger partial charge is 0.458 e. The van der Waals surface area contributed by atoms with E-state index in [1.54, 1.807) is 7.11 Å². The SMILES string of the molecule is COCO[C@@H]1C=C[C@H](OC(C)=O)C1. The topological polar surface area (TPSA) is 44.8 Å². The molecule has 1 aliphatic carbocycles. The summed E-state index contributed by atoms with van der Waals surface area (Å²) in [6.45, 7) is 1.67. The van der Waals surface area contributed by atoms with Gasteiger partial charge in [0.15, 0.2) is 0 Å². The molecule has 0 spiro atoms. The first-order valence-corrected chi connectivity index (χ1v) is 4.18. The fraction of sp³-hybridized carbons (Fsp3) is 0.667. The molecule has 0 aromatic heterocycles. The first-order chi connectivity index (χ1) is 6.22. The van der Waals surface area contributed by atoms with E-state index in [0.29, 0.717) is 6.42 Å². The summed E-state index contributed by atoms with van der Waals surface area (Å²) in [5.74, 6) is -0.262.